The van der Waals surface area contributed by atoms with Crippen LogP contribution in [0.1, 0.15) is 19.8 Å². The van der Waals surface area contributed by atoms with Crippen LogP contribution in [0.25, 0.3) is 0 Å². The molecule has 5 heteroatoms. The highest BCUT2D eigenvalue weighted by Gasteiger charge is 2.24. The van der Waals surface area contributed by atoms with Gasteiger partial charge in [0.1, 0.15) is 5.69 Å². The second-order valence-electron chi connectivity index (χ2n) is 4.56. The molecule has 1 fully saturated rings. The second-order valence-corrected chi connectivity index (χ2v) is 5.48. The Labute approximate surface area is 114 Å². The molecule has 2 rings (SSSR count). The second kappa shape index (κ2) is 5.97. The van der Waals surface area contributed by atoms with Crippen molar-refractivity contribution < 1.29 is 8.78 Å². The Balaban J connectivity index is 2.20. The zero-order chi connectivity index (χ0) is 13.1. The van der Waals surface area contributed by atoms with Gasteiger partial charge in [-0.2, -0.15) is 0 Å². The molecule has 0 amide bonds. The van der Waals surface area contributed by atoms with Gasteiger partial charge >= 0.3 is 0 Å². The molecule has 0 aromatic heterocycles. The van der Waals surface area contributed by atoms with Crippen LogP contribution < -0.4 is 10.2 Å². The van der Waals surface area contributed by atoms with Crippen molar-refractivity contribution in [2.45, 2.75) is 25.8 Å². The summed E-state index contributed by atoms with van der Waals surface area (Å²) >= 11 is 3.10. The molecule has 1 aromatic rings. The summed E-state index contributed by atoms with van der Waals surface area (Å²) in [5, 5.41) is 3.34. The highest BCUT2D eigenvalue weighted by atomic mass is 79.9. The van der Waals surface area contributed by atoms with Gasteiger partial charge in [-0.25, -0.2) is 8.78 Å². The number of anilines is 1. The fraction of sp³-hybridized carbons (Fsp3) is 0.538. The zero-order valence-corrected chi connectivity index (χ0v) is 11.9. The van der Waals surface area contributed by atoms with Crippen LogP contribution in [-0.2, 0) is 0 Å². The van der Waals surface area contributed by atoms with Crippen LogP contribution >= 0.6 is 15.9 Å². The van der Waals surface area contributed by atoms with Crippen LogP contribution in [-0.4, -0.2) is 25.7 Å². The molecule has 0 spiro atoms. The summed E-state index contributed by atoms with van der Waals surface area (Å²) < 4.78 is 28.2. The maximum absolute atomic E-state index is 13.9. The van der Waals surface area contributed by atoms with Crippen molar-refractivity contribution in [1.82, 2.24) is 5.32 Å². The van der Waals surface area contributed by atoms with Gasteiger partial charge in [-0.1, -0.05) is 22.9 Å². The van der Waals surface area contributed by atoms with E-state index in [1.165, 1.54) is 12.1 Å². The predicted octanol–water partition coefficient (Wildman–Crippen LogP) is 3.31. The molecule has 1 aliphatic heterocycles. The highest BCUT2D eigenvalue weighted by Crippen LogP contribution is 2.29. The Morgan fingerprint density at radius 3 is 2.67 bits per heavy atom. The topological polar surface area (TPSA) is 15.3 Å². The third kappa shape index (κ3) is 3.01. The molecule has 0 aliphatic carbocycles. The van der Waals surface area contributed by atoms with E-state index in [2.05, 4.69) is 21.2 Å². The Morgan fingerprint density at radius 1 is 1.39 bits per heavy atom. The third-order valence-electron chi connectivity index (χ3n) is 3.21. The van der Waals surface area contributed by atoms with Crippen LogP contribution in [0.5, 0.6) is 0 Å². The molecule has 0 bridgehead atoms. The third-order valence-corrected chi connectivity index (χ3v) is 3.67. The SMILES string of the molecule is CCNC1CCCN(c2c(F)cc(Br)cc2F)C1. The minimum atomic E-state index is -0.501. The zero-order valence-electron chi connectivity index (χ0n) is 10.3. The first-order valence-corrected chi connectivity index (χ1v) is 7.04. The minimum absolute atomic E-state index is 0.0980. The van der Waals surface area contributed by atoms with E-state index in [-0.39, 0.29) is 5.69 Å². The van der Waals surface area contributed by atoms with E-state index in [1.807, 2.05) is 6.92 Å². The molecule has 1 heterocycles. The predicted molar refractivity (Wildman–Crippen MR) is 73.0 cm³/mol. The van der Waals surface area contributed by atoms with Crippen molar-refractivity contribution in [2.24, 2.45) is 0 Å². The quantitative estimate of drug-likeness (QED) is 0.919. The summed E-state index contributed by atoms with van der Waals surface area (Å²) in [5.74, 6) is -1.00. The number of hydrogen-bond donors (Lipinski definition) is 1. The van der Waals surface area contributed by atoms with Crippen molar-refractivity contribution >= 4 is 21.6 Å². The lowest BCUT2D eigenvalue weighted by Crippen LogP contribution is -2.46. The summed E-state index contributed by atoms with van der Waals surface area (Å²) in [6, 6.07) is 2.94. The first kappa shape index (κ1) is 13.7. The fourth-order valence-electron chi connectivity index (χ4n) is 2.47. The van der Waals surface area contributed by atoms with E-state index >= 15 is 0 Å². The first-order chi connectivity index (χ1) is 8.61. The molecule has 18 heavy (non-hydrogen) atoms. The van der Waals surface area contributed by atoms with Crippen LogP contribution in [0, 0.1) is 11.6 Å². The van der Waals surface area contributed by atoms with Crippen molar-refractivity contribution in [3.63, 3.8) is 0 Å². The molecule has 1 unspecified atom stereocenters. The van der Waals surface area contributed by atoms with E-state index in [0.29, 0.717) is 23.6 Å². The van der Waals surface area contributed by atoms with E-state index in [0.717, 1.165) is 19.4 Å². The van der Waals surface area contributed by atoms with Crippen LogP contribution in [0.2, 0.25) is 0 Å². The molecule has 0 radical (unpaired) electrons. The summed E-state index contributed by atoms with van der Waals surface area (Å²) in [4.78, 5) is 1.80. The van der Waals surface area contributed by atoms with Gasteiger partial charge in [-0.15, -0.1) is 0 Å². The van der Waals surface area contributed by atoms with Crippen molar-refractivity contribution in [3.8, 4) is 0 Å². The van der Waals surface area contributed by atoms with E-state index in [4.69, 9.17) is 0 Å². The number of benzene rings is 1. The van der Waals surface area contributed by atoms with Gasteiger partial charge in [0.2, 0.25) is 0 Å². The number of nitrogens with zero attached hydrogens (tertiary/aromatic N) is 1. The monoisotopic (exact) mass is 318 g/mol. The van der Waals surface area contributed by atoms with Gasteiger partial charge in [0.05, 0.1) is 0 Å². The molecule has 1 atom stereocenters. The van der Waals surface area contributed by atoms with Crippen molar-refractivity contribution in [1.29, 1.82) is 0 Å². The summed E-state index contributed by atoms with van der Waals surface area (Å²) in [6.45, 7) is 4.28. The smallest absolute Gasteiger partial charge is 0.150 e. The van der Waals surface area contributed by atoms with E-state index < -0.39 is 11.6 Å². The molecule has 1 aliphatic rings. The molecule has 1 saturated heterocycles. The standard InChI is InChI=1S/C13H17BrF2N2/c1-2-17-10-4-3-5-18(8-10)13-11(15)6-9(14)7-12(13)16/h6-7,10,17H,2-5,8H2,1H3. The largest absolute Gasteiger partial charge is 0.365 e. The van der Waals surface area contributed by atoms with Crippen LogP contribution in [0.15, 0.2) is 16.6 Å². The van der Waals surface area contributed by atoms with Gasteiger partial charge in [-0.3, -0.25) is 0 Å². The Hall–Kier alpha value is -0.680. The minimum Gasteiger partial charge on any atom is -0.365 e. The molecule has 100 valence electrons. The number of halogens is 3. The molecular formula is C13H17BrF2N2. The van der Waals surface area contributed by atoms with E-state index in [1.54, 1.807) is 4.90 Å². The van der Waals surface area contributed by atoms with Gasteiger partial charge in [-0.05, 0) is 31.5 Å². The number of piperidine rings is 1. The Kier molecular flexibility index (Phi) is 4.56. The van der Waals surface area contributed by atoms with Gasteiger partial charge in [0.15, 0.2) is 11.6 Å². The maximum atomic E-state index is 13.9. The normalized spacial score (nSPS) is 20.2. The summed E-state index contributed by atoms with van der Waals surface area (Å²) in [5.41, 5.74) is 0.0980. The average molecular weight is 319 g/mol. The van der Waals surface area contributed by atoms with Gasteiger partial charge in [0.25, 0.3) is 0 Å². The highest BCUT2D eigenvalue weighted by molar-refractivity contribution is 9.10. The molecule has 2 nitrogen and oxygen atoms in total. The number of nitrogens with one attached hydrogen (secondary N) is 1. The lowest BCUT2D eigenvalue weighted by molar-refractivity contribution is 0.423. The molecule has 0 saturated carbocycles. The maximum Gasteiger partial charge on any atom is 0.150 e. The molecule has 1 aromatic carbocycles. The molecular weight excluding hydrogens is 302 g/mol. The number of likely N-dealkylation sites (N-methyl/N-ethyl adjacent to an activating group) is 1. The van der Waals surface area contributed by atoms with Gasteiger partial charge in [0, 0.05) is 23.6 Å². The first-order valence-electron chi connectivity index (χ1n) is 6.24. The average Bonchev–Trinajstić information content (AvgIpc) is 2.28. The van der Waals surface area contributed by atoms with Crippen LogP contribution in [0.4, 0.5) is 14.5 Å². The fourth-order valence-corrected chi connectivity index (χ4v) is 2.87. The van der Waals surface area contributed by atoms with Gasteiger partial charge < -0.3 is 10.2 Å². The Morgan fingerprint density at radius 2 is 2.06 bits per heavy atom. The van der Waals surface area contributed by atoms with E-state index in [9.17, 15) is 8.78 Å². The lowest BCUT2D eigenvalue weighted by atomic mass is 10.0. The Bertz CT molecular complexity index is 400. The number of hydrogen-bond acceptors (Lipinski definition) is 2. The summed E-state index contributed by atoms with van der Waals surface area (Å²) in [6.07, 6.45) is 2.01. The molecule has 1 N–H and O–H groups in total. The summed E-state index contributed by atoms with van der Waals surface area (Å²) in [7, 11) is 0. The van der Waals surface area contributed by atoms with Crippen LogP contribution in [0.3, 0.4) is 0 Å². The van der Waals surface area contributed by atoms with Crippen molar-refractivity contribution in [3.05, 3.63) is 28.2 Å². The van der Waals surface area contributed by atoms with Crippen molar-refractivity contribution in [2.75, 3.05) is 24.5 Å². The lowest BCUT2D eigenvalue weighted by Gasteiger charge is -2.35. The number of rotatable bonds is 3.